The summed E-state index contributed by atoms with van der Waals surface area (Å²) in [5, 5.41) is 7.32. The molecule has 3 rings (SSSR count). The molecule has 0 aliphatic carbocycles. The summed E-state index contributed by atoms with van der Waals surface area (Å²) in [4.78, 5) is 11.0. The molecule has 0 spiro atoms. The fourth-order valence-corrected chi connectivity index (χ4v) is 2.69. The van der Waals surface area contributed by atoms with Gasteiger partial charge in [-0.1, -0.05) is 17.7 Å². The minimum atomic E-state index is 0.681. The van der Waals surface area contributed by atoms with Gasteiger partial charge in [0.15, 0.2) is 0 Å². The summed E-state index contributed by atoms with van der Waals surface area (Å²) >= 11 is 6.20. The second-order valence-corrected chi connectivity index (χ2v) is 6.75. The van der Waals surface area contributed by atoms with Gasteiger partial charge in [-0.25, -0.2) is 9.97 Å². The van der Waals surface area contributed by atoms with Crippen molar-refractivity contribution >= 4 is 40.3 Å². The highest BCUT2D eigenvalue weighted by Gasteiger charge is 2.05. The Hall–Kier alpha value is -2.79. The molecular weight excluding hydrogens is 346 g/mol. The van der Waals surface area contributed by atoms with Crippen LogP contribution in [0.3, 0.4) is 0 Å². The third-order valence-electron chi connectivity index (χ3n) is 3.94. The smallest absolute Gasteiger partial charge is 0.136 e. The van der Waals surface area contributed by atoms with Crippen molar-refractivity contribution in [2.24, 2.45) is 0 Å². The van der Waals surface area contributed by atoms with Crippen molar-refractivity contribution in [3.8, 4) is 0 Å². The van der Waals surface area contributed by atoms with Crippen LogP contribution in [0.15, 0.2) is 48.5 Å². The Bertz CT molecular complexity index is 907. The molecule has 2 aromatic carbocycles. The molecule has 6 heteroatoms. The van der Waals surface area contributed by atoms with Gasteiger partial charge in [-0.2, -0.15) is 0 Å². The maximum atomic E-state index is 6.20. The Labute approximate surface area is 159 Å². The fourth-order valence-electron chi connectivity index (χ4n) is 2.51. The number of anilines is 5. The van der Waals surface area contributed by atoms with E-state index in [1.54, 1.807) is 0 Å². The van der Waals surface area contributed by atoms with Gasteiger partial charge in [-0.3, -0.25) is 0 Å². The SMILES string of the molecule is Cc1nc(Nc2ccc(N(C)C)cc2)cc(Nc2ccc(C)c(Cl)c2)n1. The number of nitrogens with zero attached hydrogens (tertiary/aromatic N) is 3. The van der Waals surface area contributed by atoms with Gasteiger partial charge in [0.05, 0.1) is 0 Å². The van der Waals surface area contributed by atoms with Gasteiger partial charge in [-0.15, -0.1) is 0 Å². The first-order chi connectivity index (χ1) is 12.4. The summed E-state index contributed by atoms with van der Waals surface area (Å²) in [6.45, 7) is 3.85. The van der Waals surface area contributed by atoms with Crippen LogP contribution in [0.25, 0.3) is 0 Å². The van der Waals surface area contributed by atoms with E-state index in [1.165, 1.54) is 0 Å². The minimum absolute atomic E-state index is 0.681. The average Bonchev–Trinajstić information content (AvgIpc) is 2.58. The highest BCUT2D eigenvalue weighted by molar-refractivity contribution is 6.31. The van der Waals surface area contributed by atoms with Crippen molar-refractivity contribution in [3.05, 3.63) is 64.9 Å². The Kier molecular flexibility index (Phi) is 5.28. The molecule has 0 unspecified atom stereocenters. The predicted octanol–water partition coefficient (Wildman–Crippen LogP) is 5.30. The van der Waals surface area contributed by atoms with Crippen molar-refractivity contribution in [1.82, 2.24) is 9.97 Å². The number of aromatic nitrogens is 2. The number of benzene rings is 2. The van der Waals surface area contributed by atoms with Crippen molar-refractivity contribution in [3.63, 3.8) is 0 Å². The molecule has 3 aromatic rings. The Morgan fingerprint density at radius 1 is 0.808 bits per heavy atom. The van der Waals surface area contributed by atoms with Crippen molar-refractivity contribution < 1.29 is 0 Å². The lowest BCUT2D eigenvalue weighted by Gasteiger charge is -2.14. The van der Waals surface area contributed by atoms with Crippen LogP contribution in [-0.4, -0.2) is 24.1 Å². The molecule has 5 nitrogen and oxygen atoms in total. The topological polar surface area (TPSA) is 53.1 Å². The van der Waals surface area contributed by atoms with E-state index in [0.717, 1.165) is 33.5 Å². The van der Waals surface area contributed by atoms with Gasteiger partial charge in [0.1, 0.15) is 17.5 Å². The fraction of sp³-hybridized carbons (Fsp3) is 0.200. The van der Waals surface area contributed by atoms with E-state index >= 15 is 0 Å². The number of hydrogen-bond donors (Lipinski definition) is 2. The second-order valence-electron chi connectivity index (χ2n) is 6.34. The van der Waals surface area contributed by atoms with Gasteiger partial charge >= 0.3 is 0 Å². The van der Waals surface area contributed by atoms with Gasteiger partial charge in [0.25, 0.3) is 0 Å². The van der Waals surface area contributed by atoms with Gasteiger partial charge in [0.2, 0.25) is 0 Å². The lowest BCUT2D eigenvalue weighted by atomic mass is 10.2. The number of halogens is 1. The predicted molar refractivity (Wildman–Crippen MR) is 110 cm³/mol. The zero-order valence-corrected chi connectivity index (χ0v) is 16.1. The molecule has 1 heterocycles. The molecule has 0 amide bonds. The van der Waals surface area contributed by atoms with E-state index in [-0.39, 0.29) is 0 Å². The first kappa shape index (κ1) is 18.0. The monoisotopic (exact) mass is 367 g/mol. The van der Waals surface area contributed by atoms with Crippen LogP contribution in [-0.2, 0) is 0 Å². The first-order valence-corrected chi connectivity index (χ1v) is 8.72. The van der Waals surface area contributed by atoms with Crippen LogP contribution in [0.4, 0.5) is 28.7 Å². The Balaban J connectivity index is 1.79. The third kappa shape index (κ3) is 4.43. The van der Waals surface area contributed by atoms with Crippen LogP contribution in [0, 0.1) is 13.8 Å². The van der Waals surface area contributed by atoms with Crippen molar-refractivity contribution in [1.29, 1.82) is 0 Å². The van der Waals surface area contributed by atoms with Crippen LogP contribution < -0.4 is 15.5 Å². The highest BCUT2D eigenvalue weighted by Crippen LogP contribution is 2.25. The van der Waals surface area contributed by atoms with Gasteiger partial charge < -0.3 is 15.5 Å². The molecule has 0 saturated carbocycles. The lowest BCUT2D eigenvalue weighted by molar-refractivity contribution is 1.06. The van der Waals surface area contributed by atoms with E-state index < -0.39 is 0 Å². The minimum Gasteiger partial charge on any atom is -0.378 e. The largest absolute Gasteiger partial charge is 0.378 e. The number of hydrogen-bond acceptors (Lipinski definition) is 5. The summed E-state index contributed by atoms with van der Waals surface area (Å²) in [5.41, 5.74) is 4.05. The quantitative estimate of drug-likeness (QED) is 0.640. The second kappa shape index (κ2) is 7.62. The zero-order chi connectivity index (χ0) is 18.7. The van der Waals surface area contributed by atoms with E-state index in [1.807, 2.05) is 64.3 Å². The average molecular weight is 368 g/mol. The Morgan fingerprint density at radius 2 is 1.38 bits per heavy atom. The maximum absolute atomic E-state index is 6.20. The summed E-state index contributed by atoms with van der Waals surface area (Å²) in [6, 6.07) is 15.9. The van der Waals surface area contributed by atoms with E-state index in [2.05, 4.69) is 37.6 Å². The molecule has 0 bridgehead atoms. The molecule has 2 N–H and O–H groups in total. The summed E-state index contributed by atoms with van der Waals surface area (Å²) in [6.07, 6.45) is 0. The zero-order valence-electron chi connectivity index (χ0n) is 15.3. The normalized spacial score (nSPS) is 10.5. The van der Waals surface area contributed by atoms with Crippen LogP contribution in [0.2, 0.25) is 5.02 Å². The van der Waals surface area contributed by atoms with Crippen LogP contribution in [0.1, 0.15) is 11.4 Å². The third-order valence-corrected chi connectivity index (χ3v) is 4.35. The van der Waals surface area contributed by atoms with E-state index in [4.69, 9.17) is 11.6 Å². The van der Waals surface area contributed by atoms with Gasteiger partial charge in [0, 0.05) is 42.2 Å². The molecule has 0 fully saturated rings. The molecule has 0 aliphatic heterocycles. The molecule has 0 radical (unpaired) electrons. The molecular formula is C20H22ClN5. The van der Waals surface area contributed by atoms with Gasteiger partial charge in [-0.05, 0) is 55.8 Å². The number of aryl methyl sites for hydroxylation is 2. The summed E-state index contributed by atoms with van der Waals surface area (Å²) in [5.74, 6) is 2.13. The standard InChI is InChI=1S/C20H22ClN5/c1-13-5-6-16(11-18(13)21)25-20-12-19(22-14(2)23-20)24-15-7-9-17(10-8-15)26(3)4/h5-12H,1-4H3,(H2,22,23,24,25). The lowest BCUT2D eigenvalue weighted by Crippen LogP contribution is -2.08. The van der Waals surface area contributed by atoms with E-state index in [9.17, 15) is 0 Å². The van der Waals surface area contributed by atoms with E-state index in [0.29, 0.717) is 11.6 Å². The highest BCUT2D eigenvalue weighted by atomic mass is 35.5. The molecule has 134 valence electrons. The molecule has 0 aliphatic rings. The summed E-state index contributed by atoms with van der Waals surface area (Å²) in [7, 11) is 4.04. The van der Waals surface area contributed by atoms with Crippen LogP contribution >= 0.6 is 11.6 Å². The number of nitrogens with one attached hydrogen (secondary N) is 2. The molecule has 26 heavy (non-hydrogen) atoms. The Morgan fingerprint density at radius 3 is 1.96 bits per heavy atom. The van der Waals surface area contributed by atoms with Crippen molar-refractivity contribution in [2.75, 3.05) is 29.6 Å². The maximum Gasteiger partial charge on any atom is 0.136 e. The first-order valence-electron chi connectivity index (χ1n) is 8.34. The van der Waals surface area contributed by atoms with Crippen molar-refractivity contribution in [2.45, 2.75) is 13.8 Å². The molecule has 1 aromatic heterocycles. The molecule has 0 saturated heterocycles. The van der Waals surface area contributed by atoms with Crippen LogP contribution in [0.5, 0.6) is 0 Å². The number of rotatable bonds is 5. The summed E-state index contributed by atoms with van der Waals surface area (Å²) < 4.78 is 0. The molecule has 0 atom stereocenters.